The summed E-state index contributed by atoms with van der Waals surface area (Å²) in [6.07, 6.45) is 3.67. The molecule has 0 aromatic heterocycles. The third-order valence-electron chi connectivity index (χ3n) is 3.45. The van der Waals surface area contributed by atoms with E-state index in [1.165, 1.54) is 0 Å². The monoisotopic (exact) mass is 276 g/mol. The standard InChI is InChI=1S/C17H24O3/c1-5-11-20-16-9-8-15(12(3)13(16)4)14(6-2)7-10-17(18)19/h7-9H,5-6,10-11H2,1-4H3,(H,18,19)/b14-7+. The third-order valence-corrected chi connectivity index (χ3v) is 3.45. The number of allylic oxidation sites excluding steroid dienone is 1. The summed E-state index contributed by atoms with van der Waals surface area (Å²) >= 11 is 0. The average molecular weight is 276 g/mol. The molecule has 0 spiro atoms. The van der Waals surface area contributed by atoms with Gasteiger partial charge >= 0.3 is 5.97 Å². The molecule has 0 aliphatic heterocycles. The summed E-state index contributed by atoms with van der Waals surface area (Å²) < 4.78 is 5.72. The fourth-order valence-electron chi connectivity index (χ4n) is 2.17. The van der Waals surface area contributed by atoms with E-state index in [-0.39, 0.29) is 6.42 Å². The fourth-order valence-corrected chi connectivity index (χ4v) is 2.17. The molecule has 3 heteroatoms. The van der Waals surface area contributed by atoms with E-state index in [0.717, 1.165) is 47.5 Å². The van der Waals surface area contributed by atoms with Crippen LogP contribution in [0, 0.1) is 13.8 Å². The Morgan fingerprint density at radius 3 is 2.50 bits per heavy atom. The molecule has 1 aromatic carbocycles. The van der Waals surface area contributed by atoms with Gasteiger partial charge in [-0.3, -0.25) is 4.79 Å². The van der Waals surface area contributed by atoms with Crippen LogP contribution in [0.3, 0.4) is 0 Å². The van der Waals surface area contributed by atoms with Crippen molar-refractivity contribution in [3.8, 4) is 5.75 Å². The summed E-state index contributed by atoms with van der Waals surface area (Å²) in [7, 11) is 0. The van der Waals surface area contributed by atoms with Crippen LogP contribution in [0.15, 0.2) is 18.2 Å². The lowest BCUT2D eigenvalue weighted by molar-refractivity contribution is -0.135. The van der Waals surface area contributed by atoms with Crippen LogP contribution >= 0.6 is 0 Å². The second kappa shape index (κ2) is 7.73. The van der Waals surface area contributed by atoms with Crippen LogP contribution < -0.4 is 4.74 Å². The summed E-state index contributed by atoms with van der Waals surface area (Å²) in [5.74, 6) is 0.120. The van der Waals surface area contributed by atoms with Gasteiger partial charge in [-0.25, -0.2) is 0 Å². The zero-order valence-electron chi connectivity index (χ0n) is 12.8. The molecule has 0 radical (unpaired) electrons. The Balaban J connectivity index is 3.09. The lowest BCUT2D eigenvalue weighted by Crippen LogP contribution is -2.00. The number of ether oxygens (including phenoxy) is 1. The van der Waals surface area contributed by atoms with E-state index in [1.54, 1.807) is 6.08 Å². The van der Waals surface area contributed by atoms with Gasteiger partial charge in [-0.2, -0.15) is 0 Å². The first-order valence-electron chi connectivity index (χ1n) is 7.15. The number of aliphatic carboxylic acids is 1. The van der Waals surface area contributed by atoms with Gasteiger partial charge in [0.25, 0.3) is 0 Å². The molecule has 3 nitrogen and oxygen atoms in total. The number of carbonyl (C=O) groups is 1. The molecule has 1 rings (SSSR count). The maximum atomic E-state index is 10.7. The number of rotatable bonds is 7. The van der Waals surface area contributed by atoms with Crippen LogP contribution in [0.25, 0.3) is 5.57 Å². The molecule has 0 heterocycles. The first-order chi connectivity index (χ1) is 9.51. The Labute approximate surface area is 121 Å². The van der Waals surface area contributed by atoms with Gasteiger partial charge in [0, 0.05) is 0 Å². The first kappa shape index (κ1) is 16.3. The van der Waals surface area contributed by atoms with E-state index in [9.17, 15) is 4.79 Å². The molecule has 0 saturated carbocycles. The van der Waals surface area contributed by atoms with E-state index in [1.807, 2.05) is 26.0 Å². The average Bonchev–Trinajstić information content (AvgIpc) is 2.42. The molecular weight excluding hydrogens is 252 g/mol. The summed E-state index contributed by atoms with van der Waals surface area (Å²) in [6.45, 7) is 8.96. The van der Waals surface area contributed by atoms with Gasteiger partial charge in [0.15, 0.2) is 0 Å². The van der Waals surface area contributed by atoms with Crippen LogP contribution in [0.2, 0.25) is 0 Å². The minimum absolute atomic E-state index is 0.0652. The van der Waals surface area contributed by atoms with Gasteiger partial charge in [0.05, 0.1) is 13.0 Å². The van der Waals surface area contributed by atoms with Crippen LogP contribution in [-0.2, 0) is 4.79 Å². The number of carboxylic acid groups (broad SMARTS) is 1. The number of benzene rings is 1. The summed E-state index contributed by atoms with van der Waals surface area (Å²) in [5.41, 5.74) is 4.49. The second-order valence-electron chi connectivity index (χ2n) is 4.89. The predicted octanol–water partition coefficient (Wildman–Crippen LogP) is 4.36. The predicted molar refractivity (Wildman–Crippen MR) is 82.2 cm³/mol. The molecule has 0 aliphatic carbocycles. The van der Waals surface area contributed by atoms with Crippen LogP contribution in [0.1, 0.15) is 49.8 Å². The Kier molecular flexibility index (Phi) is 6.29. The highest BCUT2D eigenvalue weighted by atomic mass is 16.5. The minimum atomic E-state index is -0.798. The molecule has 20 heavy (non-hydrogen) atoms. The maximum Gasteiger partial charge on any atom is 0.307 e. The van der Waals surface area contributed by atoms with Crippen molar-refractivity contribution < 1.29 is 14.6 Å². The Morgan fingerprint density at radius 1 is 1.25 bits per heavy atom. The van der Waals surface area contributed by atoms with Gasteiger partial charge in [-0.05, 0) is 55.0 Å². The van der Waals surface area contributed by atoms with Gasteiger partial charge in [0.2, 0.25) is 0 Å². The molecule has 0 atom stereocenters. The summed E-state index contributed by atoms with van der Waals surface area (Å²) in [6, 6.07) is 4.02. The topological polar surface area (TPSA) is 46.5 Å². The van der Waals surface area contributed by atoms with Crippen molar-refractivity contribution in [1.29, 1.82) is 0 Å². The van der Waals surface area contributed by atoms with Crippen LogP contribution in [0.5, 0.6) is 5.75 Å². The van der Waals surface area contributed by atoms with Gasteiger partial charge in [-0.1, -0.05) is 26.0 Å². The fraction of sp³-hybridized carbons (Fsp3) is 0.471. The first-order valence-corrected chi connectivity index (χ1v) is 7.15. The van der Waals surface area contributed by atoms with E-state index in [0.29, 0.717) is 0 Å². The number of hydrogen-bond acceptors (Lipinski definition) is 2. The van der Waals surface area contributed by atoms with Crippen molar-refractivity contribution in [3.05, 3.63) is 34.9 Å². The molecule has 0 unspecified atom stereocenters. The van der Waals surface area contributed by atoms with Crippen molar-refractivity contribution in [1.82, 2.24) is 0 Å². The van der Waals surface area contributed by atoms with Crippen LogP contribution in [0.4, 0.5) is 0 Å². The Bertz CT molecular complexity index is 501. The van der Waals surface area contributed by atoms with Gasteiger partial charge in [-0.15, -0.1) is 0 Å². The van der Waals surface area contributed by atoms with Crippen LogP contribution in [-0.4, -0.2) is 17.7 Å². The molecule has 0 bridgehead atoms. The smallest absolute Gasteiger partial charge is 0.307 e. The third kappa shape index (κ3) is 4.12. The minimum Gasteiger partial charge on any atom is -0.493 e. The van der Waals surface area contributed by atoms with Crippen molar-refractivity contribution in [3.63, 3.8) is 0 Å². The Hall–Kier alpha value is -1.77. The molecule has 1 aromatic rings. The highest BCUT2D eigenvalue weighted by Gasteiger charge is 2.10. The maximum absolute atomic E-state index is 10.7. The molecule has 0 amide bonds. The lowest BCUT2D eigenvalue weighted by atomic mass is 9.94. The zero-order valence-corrected chi connectivity index (χ0v) is 12.8. The highest BCUT2D eigenvalue weighted by molar-refractivity contribution is 5.76. The summed E-state index contributed by atoms with van der Waals surface area (Å²) in [5, 5.41) is 8.81. The normalized spacial score (nSPS) is 11.5. The Morgan fingerprint density at radius 2 is 1.95 bits per heavy atom. The molecule has 0 saturated heterocycles. The van der Waals surface area contributed by atoms with E-state index >= 15 is 0 Å². The number of carboxylic acids is 1. The van der Waals surface area contributed by atoms with Crippen molar-refractivity contribution in [2.75, 3.05) is 6.61 Å². The van der Waals surface area contributed by atoms with Crippen molar-refractivity contribution in [2.24, 2.45) is 0 Å². The SMILES string of the molecule is CCCOc1ccc(/C(=C/CC(=O)O)CC)c(C)c1C. The van der Waals surface area contributed by atoms with E-state index < -0.39 is 5.97 Å². The van der Waals surface area contributed by atoms with Gasteiger partial charge in [0.1, 0.15) is 5.75 Å². The van der Waals surface area contributed by atoms with E-state index in [2.05, 4.69) is 13.8 Å². The summed E-state index contributed by atoms with van der Waals surface area (Å²) in [4.78, 5) is 10.7. The van der Waals surface area contributed by atoms with E-state index in [4.69, 9.17) is 9.84 Å². The molecule has 0 aliphatic rings. The van der Waals surface area contributed by atoms with Crippen molar-refractivity contribution in [2.45, 2.75) is 47.0 Å². The lowest BCUT2D eigenvalue weighted by Gasteiger charge is -2.15. The largest absolute Gasteiger partial charge is 0.493 e. The molecule has 0 fully saturated rings. The molecular formula is C17H24O3. The molecule has 110 valence electrons. The highest BCUT2D eigenvalue weighted by Crippen LogP contribution is 2.30. The second-order valence-corrected chi connectivity index (χ2v) is 4.89. The molecule has 1 N–H and O–H groups in total. The number of hydrogen-bond donors (Lipinski definition) is 1. The zero-order chi connectivity index (χ0) is 15.1. The quantitative estimate of drug-likeness (QED) is 0.804. The van der Waals surface area contributed by atoms with Crippen molar-refractivity contribution >= 4 is 11.5 Å². The van der Waals surface area contributed by atoms with Gasteiger partial charge < -0.3 is 9.84 Å².